The van der Waals surface area contributed by atoms with Gasteiger partial charge in [0.1, 0.15) is 0 Å². The van der Waals surface area contributed by atoms with Crippen molar-refractivity contribution in [3.05, 3.63) is 70.9 Å². The van der Waals surface area contributed by atoms with Crippen molar-refractivity contribution in [3.63, 3.8) is 0 Å². The summed E-state index contributed by atoms with van der Waals surface area (Å²) in [4.78, 5) is 11.9. The molecule has 176 valence electrons. The summed E-state index contributed by atoms with van der Waals surface area (Å²) in [5.74, 6) is -0.254. The highest BCUT2D eigenvalue weighted by Crippen LogP contribution is 2.40. The number of carbonyl (C=O) groups is 1. The molecule has 2 aliphatic rings. The molecule has 0 bridgehead atoms. The van der Waals surface area contributed by atoms with Gasteiger partial charge in [0.2, 0.25) is 0 Å². The second kappa shape index (κ2) is 9.11. The maximum absolute atomic E-state index is 11.9. The highest BCUT2D eigenvalue weighted by atomic mass is 16.5. The Morgan fingerprint density at radius 2 is 2.12 bits per heavy atom. The molecule has 2 N–H and O–H groups in total. The number of nitrogens with one attached hydrogen (secondary N) is 1. The van der Waals surface area contributed by atoms with Crippen LogP contribution in [0.5, 0.6) is 0 Å². The molecule has 3 aromatic rings. The molecule has 2 aromatic carbocycles. The van der Waals surface area contributed by atoms with Crippen LogP contribution in [0.3, 0.4) is 0 Å². The third kappa shape index (κ3) is 4.14. The van der Waals surface area contributed by atoms with Crippen molar-refractivity contribution in [1.82, 2.24) is 9.78 Å². The summed E-state index contributed by atoms with van der Waals surface area (Å²) in [6.07, 6.45) is 10.3. The number of nitrogens with zero attached hydrogens (tertiary/aromatic N) is 2. The Balaban J connectivity index is 1.31. The lowest BCUT2D eigenvalue weighted by atomic mass is 9.74. The summed E-state index contributed by atoms with van der Waals surface area (Å²) in [6, 6.07) is 12.7. The summed E-state index contributed by atoms with van der Waals surface area (Å²) in [6.45, 7) is 0.853. The SMILES string of the molecule is COC(=O)C1=Cc2cccc(NCC3(CO)CC=C(c4ccc5c(cnn5C)c4)CC3)c2CC1. The molecule has 1 unspecified atom stereocenters. The first kappa shape index (κ1) is 22.4. The number of aliphatic hydroxyl groups excluding tert-OH is 1. The largest absolute Gasteiger partial charge is 0.466 e. The van der Waals surface area contributed by atoms with Crippen LogP contribution in [0.2, 0.25) is 0 Å². The summed E-state index contributed by atoms with van der Waals surface area (Å²) < 4.78 is 6.79. The molecule has 6 heteroatoms. The first-order chi connectivity index (χ1) is 16.5. The average molecular weight is 458 g/mol. The Bertz CT molecular complexity index is 1300. The Morgan fingerprint density at radius 3 is 2.88 bits per heavy atom. The van der Waals surface area contributed by atoms with E-state index in [1.807, 2.05) is 36.1 Å². The molecule has 0 aliphatic heterocycles. The molecule has 1 aromatic heterocycles. The first-order valence-electron chi connectivity index (χ1n) is 11.9. The van der Waals surface area contributed by atoms with E-state index in [0.717, 1.165) is 47.8 Å². The third-order valence-electron chi connectivity index (χ3n) is 7.45. The van der Waals surface area contributed by atoms with Crippen LogP contribution < -0.4 is 5.32 Å². The van der Waals surface area contributed by atoms with E-state index in [1.165, 1.54) is 23.8 Å². The molecular formula is C28H31N3O3. The standard InChI is InChI=1S/C28H31N3O3/c1-31-26-9-7-20(14-23(26)16-30-31)19-10-12-28(18-32,13-11-19)17-29-25-5-3-4-21-15-22(27(33)34-2)6-8-24(21)25/h3-5,7,9-10,14-16,29,32H,6,8,11-13,17-18H2,1-2H3. The molecule has 0 radical (unpaired) electrons. The molecule has 5 rings (SSSR count). The van der Waals surface area contributed by atoms with Gasteiger partial charge in [-0.05, 0) is 78.6 Å². The molecular weight excluding hydrogens is 426 g/mol. The summed E-state index contributed by atoms with van der Waals surface area (Å²) in [5, 5.41) is 19.5. The minimum absolute atomic E-state index is 0.146. The number of aliphatic hydroxyl groups is 1. The Labute approximate surface area is 199 Å². The van der Waals surface area contributed by atoms with E-state index in [1.54, 1.807) is 0 Å². The minimum atomic E-state index is -0.254. The van der Waals surface area contributed by atoms with Crippen LogP contribution in [0.15, 0.2) is 54.2 Å². The van der Waals surface area contributed by atoms with Gasteiger partial charge in [-0.25, -0.2) is 4.79 Å². The van der Waals surface area contributed by atoms with E-state index in [0.29, 0.717) is 18.5 Å². The second-order valence-corrected chi connectivity index (χ2v) is 9.52. The highest BCUT2D eigenvalue weighted by molar-refractivity contribution is 5.95. The molecule has 1 heterocycles. The first-order valence-corrected chi connectivity index (χ1v) is 11.9. The number of esters is 1. The van der Waals surface area contributed by atoms with Crippen molar-refractivity contribution in [3.8, 4) is 0 Å². The number of methoxy groups -OCH3 is 1. The van der Waals surface area contributed by atoms with Crippen LogP contribution in [-0.2, 0) is 23.0 Å². The Kier molecular flexibility index (Phi) is 6.00. The summed E-state index contributed by atoms with van der Waals surface area (Å²) >= 11 is 0. The van der Waals surface area contributed by atoms with Crippen molar-refractivity contribution in [2.75, 3.05) is 25.6 Å². The van der Waals surface area contributed by atoms with Gasteiger partial charge in [0.25, 0.3) is 0 Å². The molecule has 0 saturated heterocycles. The van der Waals surface area contributed by atoms with Crippen LogP contribution in [0, 0.1) is 5.41 Å². The number of fused-ring (bicyclic) bond motifs is 2. The fraction of sp³-hybridized carbons (Fsp3) is 0.357. The van der Waals surface area contributed by atoms with Crippen LogP contribution in [0.1, 0.15) is 42.4 Å². The number of carbonyl (C=O) groups excluding carboxylic acids is 1. The second-order valence-electron chi connectivity index (χ2n) is 9.52. The quantitative estimate of drug-likeness (QED) is 0.523. The van der Waals surface area contributed by atoms with E-state index in [2.05, 4.69) is 40.8 Å². The predicted octanol–water partition coefficient (Wildman–Crippen LogP) is 4.73. The lowest BCUT2D eigenvalue weighted by Gasteiger charge is -2.36. The molecule has 0 amide bonds. The number of aryl methyl sites for hydroxylation is 1. The van der Waals surface area contributed by atoms with Crippen molar-refractivity contribution >= 4 is 34.2 Å². The van der Waals surface area contributed by atoms with Crippen molar-refractivity contribution in [2.45, 2.75) is 32.1 Å². The maximum atomic E-state index is 11.9. The van der Waals surface area contributed by atoms with Crippen molar-refractivity contribution in [2.24, 2.45) is 12.5 Å². The van der Waals surface area contributed by atoms with Gasteiger partial charge < -0.3 is 15.2 Å². The number of hydrogen-bond acceptors (Lipinski definition) is 5. The van der Waals surface area contributed by atoms with Crippen molar-refractivity contribution in [1.29, 1.82) is 0 Å². The zero-order valence-corrected chi connectivity index (χ0v) is 19.8. The van der Waals surface area contributed by atoms with E-state index >= 15 is 0 Å². The fourth-order valence-corrected chi connectivity index (χ4v) is 5.21. The molecule has 0 spiro atoms. The van der Waals surface area contributed by atoms with E-state index < -0.39 is 0 Å². The molecule has 34 heavy (non-hydrogen) atoms. The normalized spacial score (nSPS) is 19.9. The van der Waals surface area contributed by atoms with Gasteiger partial charge in [0, 0.05) is 35.7 Å². The number of aromatic nitrogens is 2. The minimum Gasteiger partial charge on any atom is -0.466 e. The van der Waals surface area contributed by atoms with Gasteiger partial charge in [0.05, 0.1) is 25.4 Å². The summed E-state index contributed by atoms with van der Waals surface area (Å²) in [5.41, 5.74) is 7.61. The molecule has 2 aliphatic carbocycles. The average Bonchev–Trinajstić information content (AvgIpc) is 3.26. The number of anilines is 1. The summed E-state index contributed by atoms with van der Waals surface area (Å²) in [7, 11) is 3.38. The smallest absolute Gasteiger partial charge is 0.333 e. The number of rotatable bonds is 6. The van der Waals surface area contributed by atoms with Gasteiger partial charge >= 0.3 is 5.97 Å². The van der Waals surface area contributed by atoms with E-state index in [-0.39, 0.29) is 18.0 Å². The van der Waals surface area contributed by atoms with E-state index in [4.69, 9.17) is 4.74 Å². The van der Waals surface area contributed by atoms with Gasteiger partial charge in [-0.2, -0.15) is 5.10 Å². The Hall–Kier alpha value is -3.38. The van der Waals surface area contributed by atoms with Crippen LogP contribution in [0.25, 0.3) is 22.6 Å². The van der Waals surface area contributed by atoms with E-state index in [9.17, 15) is 9.90 Å². The van der Waals surface area contributed by atoms with Crippen molar-refractivity contribution < 1.29 is 14.6 Å². The molecule has 0 fully saturated rings. The molecule has 6 nitrogen and oxygen atoms in total. The Morgan fingerprint density at radius 1 is 1.24 bits per heavy atom. The topological polar surface area (TPSA) is 76.4 Å². The molecule has 0 saturated carbocycles. The molecule has 1 atom stereocenters. The number of allylic oxidation sites excluding steroid dienone is 2. The zero-order valence-electron chi connectivity index (χ0n) is 19.8. The number of hydrogen-bond donors (Lipinski definition) is 2. The third-order valence-corrected chi connectivity index (χ3v) is 7.45. The van der Waals surface area contributed by atoms with Gasteiger partial charge in [-0.1, -0.05) is 24.3 Å². The van der Waals surface area contributed by atoms with Crippen LogP contribution in [-0.4, -0.2) is 41.1 Å². The lowest BCUT2D eigenvalue weighted by Crippen LogP contribution is -2.35. The number of benzene rings is 2. The lowest BCUT2D eigenvalue weighted by molar-refractivity contribution is -0.136. The van der Waals surface area contributed by atoms with Gasteiger partial charge in [-0.15, -0.1) is 0 Å². The van der Waals surface area contributed by atoms with Gasteiger partial charge in [0.15, 0.2) is 0 Å². The fourth-order valence-electron chi connectivity index (χ4n) is 5.21. The van der Waals surface area contributed by atoms with Crippen LogP contribution in [0.4, 0.5) is 5.69 Å². The van der Waals surface area contributed by atoms with Crippen LogP contribution >= 0.6 is 0 Å². The maximum Gasteiger partial charge on any atom is 0.333 e. The number of ether oxygens (including phenoxy) is 1. The van der Waals surface area contributed by atoms with Gasteiger partial charge in [-0.3, -0.25) is 4.68 Å². The predicted molar refractivity (Wildman–Crippen MR) is 135 cm³/mol. The monoisotopic (exact) mass is 457 g/mol. The highest BCUT2D eigenvalue weighted by Gasteiger charge is 2.32. The zero-order chi connectivity index (χ0) is 23.7.